The molecule has 1 saturated heterocycles. The van der Waals surface area contributed by atoms with Crippen molar-refractivity contribution in [2.24, 2.45) is 5.73 Å². The number of nitrogens with one attached hydrogen (secondary N) is 1. The van der Waals surface area contributed by atoms with Crippen LogP contribution < -0.4 is 16.0 Å². The first-order valence-electron chi connectivity index (χ1n) is 7.68. The largest absolute Gasteiger partial charge is 0.394 e. The van der Waals surface area contributed by atoms with E-state index in [1.165, 1.54) is 25.7 Å². The zero-order valence-corrected chi connectivity index (χ0v) is 12.6. The van der Waals surface area contributed by atoms with Crippen molar-refractivity contribution in [3.8, 4) is 0 Å². The topological polar surface area (TPSA) is 95.7 Å². The molecule has 120 valence electrons. The molecule has 0 saturated carbocycles. The molecule has 1 aliphatic rings. The van der Waals surface area contributed by atoms with Crippen LogP contribution >= 0.6 is 0 Å². The Morgan fingerprint density at radius 2 is 1.73 bits per heavy atom. The van der Waals surface area contributed by atoms with E-state index in [9.17, 15) is 9.59 Å². The van der Waals surface area contributed by atoms with Gasteiger partial charge in [-0.25, -0.2) is 0 Å². The van der Waals surface area contributed by atoms with E-state index in [0.717, 1.165) is 18.8 Å². The lowest BCUT2D eigenvalue weighted by Gasteiger charge is -2.22. The molecule has 0 unspecified atom stereocenters. The first kappa shape index (κ1) is 16.3. The van der Waals surface area contributed by atoms with E-state index < -0.39 is 24.5 Å². The number of amides is 2. The Bertz CT molecular complexity index is 508. The van der Waals surface area contributed by atoms with Crippen molar-refractivity contribution in [2.45, 2.75) is 31.7 Å². The Labute approximate surface area is 130 Å². The molecule has 2 amide bonds. The van der Waals surface area contributed by atoms with Gasteiger partial charge in [0.05, 0.1) is 6.61 Å². The van der Waals surface area contributed by atoms with Crippen molar-refractivity contribution < 1.29 is 14.7 Å². The molecule has 2 rings (SSSR count). The van der Waals surface area contributed by atoms with Crippen molar-refractivity contribution in [1.82, 2.24) is 5.32 Å². The summed E-state index contributed by atoms with van der Waals surface area (Å²) in [7, 11) is 0. The number of rotatable bonds is 5. The summed E-state index contributed by atoms with van der Waals surface area (Å²) < 4.78 is 0. The molecule has 0 aromatic heterocycles. The fourth-order valence-corrected chi connectivity index (χ4v) is 2.60. The van der Waals surface area contributed by atoms with Crippen molar-refractivity contribution >= 4 is 17.5 Å². The third-order valence-corrected chi connectivity index (χ3v) is 3.93. The number of carbonyl (C=O) groups excluding carboxylic acids is 2. The van der Waals surface area contributed by atoms with Crippen LogP contribution in [0.4, 0.5) is 5.69 Å². The molecular formula is C16H23N3O3. The van der Waals surface area contributed by atoms with Crippen LogP contribution in [0, 0.1) is 0 Å². The molecule has 22 heavy (non-hydrogen) atoms. The minimum Gasteiger partial charge on any atom is -0.394 e. The lowest BCUT2D eigenvalue weighted by atomic mass is 10.1. The second-order valence-corrected chi connectivity index (χ2v) is 5.56. The number of aliphatic hydroxyl groups excluding tert-OH is 1. The number of anilines is 1. The highest BCUT2D eigenvalue weighted by Gasteiger charge is 2.18. The van der Waals surface area contributed by atoms with Crippen LogP contribution in [-0.2, 0) is 4.79 Å². The average Bonchev–Trinajstić information content (AvgIpc) is 2.81. The summed E-state index contributed by atoms with van der Waals surface area (Å²) in [6.07, 6.45) is 4.93. The summed E-state index contributed by atoms with van der Waals surface area (Å²) in [5.41, 5.74) is 6.64. The van der Waals surface area contributed by atoms with Crippen LogP contribution in [0.15, 0.2) is 24.3 Å². The Balaban J connectivity index is 2.01. The third-order valence-electron chi connectivity index (χ3n) is 3.93. The summed E-state index contributed by atoms with van der Waals surface area (Å²) in [5.74, 6) is -1.17. The maximum atomic E-state index is 12.0. The molecule has 1 atom stereocenters. The van der Waals surface area contributed by atoms with Gasteiger partial charge in [-0.05, 0) is 37.1 Å². The third kappa shape index (κ3) is 4.21. The number of primary amides is 1. The van der Waals surface area contributed by atoms with Crippen molar-refractivity contribution in [1.29, 1.82) is 0 Å². The van der Waals surface area contributed by atoms with Crippen LogP contribution in [0.2, 0.25) is 0 Å². The monoisotopic (exact) mass is 305 g/mol. The summed E-state index contributed by atoms with van der Waals surface area (Å²) in [6.45, 7) is 1.58. The second-order valence-electron chi connectivity index (χ2n) is 5.56. The molecule has 1 aromatic carbocycles. The van der Waals surface area contributed by atoms with Gasteiger partial charge >= 0.3 is 0 Å². The van der Waals surface area contributed by atoms with E-state index in [4.69, 9.17) is 10.8 Å². The Morgan fingerprint density at radius 1 is 1.14 bits per heavy atom. The Morgan fingerprint density at radius 3 is 2.23 bits per heavy atom. The lowest BCUT2D eigenvalue weighted by molar-refractivity contribution is -0.120. The molecular weight excluding hydrogens is 282 g/mol. The quantitative estimate of drug-likeness (QED) is 0.744. The number of aliphatic hydroxyl groups is 1. The Kier molecular flexibility index (Phi) is 5.77. The van der Waals surface area contributed by atoms with Gasteiger partial charge in [-0.1, -0.05) is 12.8 Å². The minimum absolute atomic E-state index is 0.416. The van der Waals surface area contributed by atoms with Crippen LogP contribution in [0.1, 0.15) is 36.0 Å². The SMILES string of the molecule is NC(=O)[C@H](CO)NC(=O)c1ccc(N2CCCCCC2)cc1. The molecule has 6 nitrogen and oxygen atoms in total. The predicted molar refractivity (Wildman–Crippen MR) is 84.7 cm³/mol. The van der Waals surface area contributed by atoms with Gasteiger partial charge in [-0.2, -0.15) is 0 Å². The number of hydrogen-bond acceptors (Lipinski definition) is 4. The molecule has 0 radical (unpaired) electrons. The summed E-state index contributed by atoms with van der Waals surface area (Å²) in [4.78, 5) is 25.4. The maximum absolute atomic E-state index is 12.0. The van der Waals surface area contributed by atoms with Gasteiger partial charge in [-0.15, -0.1) is 0 Å². The molecule has 0 spiro atoms. The minimum atomic E-state index is -1.06. The highest BCUT2D eigenvalue weighted by molar-refractivity contribution is 5.97. The second kappa shape index (κ2) is 7.79. The summed E-state index contributed by atoms with van der Waals surface area (Å²) >= 11 is 0. The van der Waals surface area contributed by atoms with Gasteiger partial charge in [0.1, 0.15) is 6.04 Å². The summed E-state index contributed by atoms with van der Waals surface area (Å²) in [5, 5.41) is 11.4. The van der Waals surface area contributed by atoms with E-state index >= 15 is 0 Å². The molecule has 0 bridgehead atoms. The first-order chi connectivity index (χ1) is 10.6. The average molecular weight is 305 g/mol. The molecule has 1 aliphatic heterocycles. The predicted octanol–water partition coefficient (Wildman–Crippen LogP) is 0.643. The van der Waals surface area contributed by atoms with E-state index in [1.807, 2.05) is 12.1 Å². The highest BCUT2D eigenvalue weighted by atomic mass is 16.3. The number of nitrogens with two attached hydrogens (primary N) is 1. The van der Waals surface area contributed by atoms with E-state index in [2.05, 4.69) is 10.2 Å². The molecule has 1 heterocycles. The fourth-order valence-electron chi connectivity index (χ4n) is 2.60. The van der Waals surface area contributed by atoms with Crippen molar-refractivity contribution in [3.63, 3.8) is 0 Å². The molecule has 1 fully saturated rings. The zero-order valence-electron chi connectivity index (χ0n) is 12.6. The van der Waals surface area contributed by atoms with Crippen molar-refractivity contribution in [3.05, 3.63) is 29.8 Å². The van der Waals surface area contributed by atoms with E-state index in [1.54, 1.807) is 12.1 Å². The number of nitrogens with zero attached hydrogens (tertiary/aromatic N) is 1. The standard InChI is InChI=1S/C16H23N3O3/c17-15(21)14(11-20)18-16(22)12-5-7-13(8-6-12)19-9-3-1-2-4-10-19/h5-8,14,20H,1-4,9-11H2,(H2,17,21)(H,18,22)/t14-/m0/s1. The van der Waals surface area contributed by atoms with Gasteiger partial charge in [0.15, 0.2) is 0 Å². The van der Waals surface area contributed by atoms with Crippen LogP contribution in [0.25, 0.3) is 0 Å². The van der Waals surface area contributed by atoms with Crippen LogP contribution in [0.5, 0.6) is 0 Å². The smallest absolute Gasteiger partial charge is 0.251 e. The van der Waals surface area contributed by atoms with Gasteiger partial charge in [0, 0.05) is 24.3 Å². The zero-order chi connectivity index (χ0) is 15.9. The van der Waals surface area contributed by atoms with Gasteiger partial charge in [-0.3, -0.25) is 9.59 Å². The molecule has 6 heteroatoms. The number of carbonyl (C=O) groups is 2. The number of benzene rings is 1. The van der Waals surface area contributed by atoms with Gasteiger partial charge in [0.2, 0.25) is 5.91 Å². The first-order valence-corrected chi connectivity index (χ1v) is 7.68. The molecule has 0 aliphatic carbocycles. The molecule has 1 aromatic rings. The van der Waals surface area contributed by atoms with E-state index in [0.29, 0.717) is 5.56 Å². The van der Waals surface area contributed by atoms with Crippen LogP contribution in [0.3, 0.4) is 0 Å². The van der Waals surface area contributed by atoms with Crippen molar-refractivity contribution in [2.75, 3.05) is 24.6 Å². The van der Waals surface area contributed by atoms with Gasteiger partial charge < -0.3 is 21.1 Å². The van der Waals surface area contributed by atoms with E-state index in [-0.39, 0.29) is 0 Å². The Hall–Kier alpha value is -2.08. The van der Waals surface area contributed by atoms with Crippen LogP contribution in [-0.4, -0.2) is 42.7 Å². The normalized spacial score (nSPS) is 16.7. The summed E-state index contributed by atoms with van der Waals surface area (Å²) in [6, 6.07) is 6.23. The highest BCUT2D eigenvalue weighted by Crippen LogP contribution is 2.20. The lowest BCUT2D eigenvalue weighted by Crippen LogP contribution is -2.46. The fraction of sp³-hybridized carbons (Fsp3) is 0.500. The van der Waals surface area contributed by atoms with Gasteiger partial charge in [0.25, 0.3) is 5.91 Å². The maximum Gasteiger partial charge on any atom is 0.251 e. The molecule has 4 N–H and O–H groups in total. The number of hydrogen-bond donors (Lipinski definition) is 3.